The molecule has 0 radical (unpaired) electrons. The number of hydrogen-bond acceptors (Lipinski definition) is 5. The fourth-order valence-electron chi connectivity index (χ4n) is 3.10. The van der Waals surface area contributed by atoms with Gasteiger partial charge in [-0.05, 0) is 37.3 Å². The second-order valence-electron chi connectivity index (χ2n) is 6.24. The van der Waals surface area contributed by atoms with Gasteiger partial charge in [-0.15, -0.1) is 11.3 Å². The molecule has 1 saturated heterocycles. The third-order valence-corrected chi connectivity index (χ3v) is 5.34. The van der Waals surface area contributed by atoms with Crippen molar-refractivity contribution in [2.45, 2.75) is 32.8 Å². The van der Waals surface area contributed by atoms with Gasteiger partial charge in [-0.1, -0.05) is 6.07 Å². The summed E-state index contributed by atoms with van der Waals surface area (Å²) in [6, 6.07) is 6.15. The van der Waals surface area contributed by atoms with E-state index in [1.54, 1.807) is 25.4 Å². The Labute approximate surface area is 146 Å². The number of pyridine rings is 1. The molecule has 5 nitrogen and oxygen atoms in total. The smallest absolute Gasteiger partial charge is 0.219 e. The molecule has 3 heterocycles. The number of likely N-dealkylation sites (tertiary alicyclic amines) is 1. The Morgan fingerprint density at radius 3 is 2.79 bits per heavy atom. The maximum atomic E-state index is 11.4. The number of thiazole rings is 1. The van der Waals surface area contributed by atoms with Gasteiger partial charge in [-0.3, -0.25) is 9.78 Å². The Balaban J connectivity index is 1.64. The molecule has 0 aromatic carbocycles. The number of aromatic nitrogens is 2. The predicted molar refractivity (Wildman–Crippen MR) is 94.7 cm³/mol. The Hall–Kier alpha value is -1.79. The maximum Gasteiger partial charge on any atom is 0.219 e. The van der Waals surface area contributed by atoms with E-state index >= 15 is 0 Å². The quantitative estimate of drug-likeness (QED) is 0.835. The van der Waals surface area contributed by atoms with E-state index in [0.717, 1.165) is 54.4 Å². The van der Waals surface area contributed by atoms with E-state index in [0.29, 0.717) is 12.5 Å². The maximum absolute atomic E-state index is 11.4. The number of rotatable bonds is 5. The molecule has 2 aromatic rings. The van der Waals surface area contributed by atoms with Crippen LogP contribution < -0.4 is 0 Å². The highest BCUT2D eigenvalue weighted by Crippen LogP contribution is 2.25. The number of ether oxygens (including phenoxy) is 1. The van der Waals surface area contributed by atoms with Crippen molar-refractivity contribution in [3.63, 3.8) is 0 Å². The van der Waals surface area contributed by atoms with Crippen molar-refractivity contribution < 1.29 is 9.53 Å². The summed E-state index contributed by atoms with van der Waals surface area (Å²) in [6.45, 7) is 3.92. The highest BCUT2D eigenvalue weighted by atomic mass is 32.1. The van der Waals surface area contributed by atoms with Crippen molar-refractivity contribution in [2.75, 3.05) is 20.2 Å². The highest BCUT2D eigenvalue weighted by molar-refractivity contribution is 7.13. The van der Waals surface area contributed by atoms with Gasteiger partial charge in [0.05, 0.1) is 18.0 Å². The lowest BCUT2D eigenvalue weighted by Crippen LogP contribution is -2.37. The molecule has 0 bridgehead atoms. The molecule has 1 amide bonds. The van der Waals surface area contributed by atoms with Crippen LogP contribution in [0.4, 0.5) is 0 Å². The van der Waals surface area contributed by atoms with Crippen LogP contribution in [0.5, 0.6) is 0 Å². The first kappa shape index (κ1) is 17.0. The zero-order valence-corrected chi connectivity index (χ0v) is 15.0. The summed E-state index contributed by atoms with van der Waals surface area (Å²) in [5.41, 5.74) is 2.99. The number of methoxy groups -OCH3 is 1. The van der Waals surface area contributed by atoms with Crippen LogP contribution in [0.2, 0.25) is 0 Å². The number of carbonyl (C=O) groups excluding carboxylic acids is 1. The lowest BCUT2D eigenvalue weighted by atomic mass is 9.92. The van der Waals surface area contributed by atoms with Crippen LogP contribution >= 0.6 is 11.3 Å². The molecule has 2 aromatic heterocycles. The predicted octanol–water partition coefficient (Wildman–Crippen LogP) is 3.15. The van der Waals surface area contributed by atoms with Crippen molar-refractivity contribution in [1.82, 2.24) is 14.9 Å². The summed E-state index contributed by atoms with van der Waals surface area (Å²) in [6.07, 6.45) is 3.08. The lowest BCUT2D eigenvalue weighted by molar-refractivity contribution is -0.130. The molecule has 1 aliphatic heterocycles. The zero-order chi connectivity index (χ0) is 16.9. The van der Waals surface area contributed by atoms with Crippen LogP contribution in [0, 0.1) is 5.92 Å². The first-order valence-corrected chi connectivity index (χ1v) is 9.19. The van der Waals surface area contributed by atoms with E-state index in [4.69, 9.17) is 9.72 Å². The van der Waals surface area contributed by atoms with Gasteiger partial charge in [0.2, 0.25) is 5.91 Å². The highest BCUT2D eigenvalue weighted by Gasteiger charge is 2.21. The van der Waals surface area contributed by atoms with Gasteiger partial charge >= 0.3 is 0 Å². The van der Waals surface area contributed by atoms with Crippen LogP contribution in [0.15, 0.2) is 23.6 Å². The molecule has 0 aliphatic carbocycles. The average Bonchev–Trinajstić information content (AvgIpc) is 3.05. The molecule has 6 heteroatoms. The first-order chi connectivity index (χ1) is 11.7. The van der Waals surface area contributed by atoms with Gasteiger partial charge in [-0.25, -0.2) is 4.98 Å². The van der Waals surface area contributed by atoms with Crippen LogP contribution in [-0.2, 0) is 22.6 Å². The molecule has 1 aliphatic rings. The summed E-state index contributed by atoms with van der Waals surface area (Å²) in [4.78, 5) is 22.7. The Bertz CT molecular complexity index is 693. The second-order valence-corrected chi connectivity index (χ2v) is 7.10. The molecule has 3 rings (SSSR count). The summed E-state index contributed by atoms with van der Waals surface area (Å²) >= 11 is 1.60. The molecule has 0 N–H and O–H groups in total. The summed E-state index contributed by atoms with van der Waals surface area (Å²) in [5, 5.41) is 2.96. The van der Waals surface area contributed by atoms with Gasteiger partial charge in [-0.2, -0.15) is 0 Å². The number of piperidine rings is 1. The third-order valence-electron chi connectivity index (χ3n) is 4.43. The minimum Gasteiger partial charge on any atom is -0.378 e. The standard InChI is InChI=1S/C18H23N3O2S/c1-13(22)21-8-6-14(7-9-21)10-15-4-3-5-17(19-15)18-20-16(11-23-2)12-24-18/h3-5,12,14H,6-11H2,1-2H3. The van der Waals surface area contributed by atoms with E-state index in [2.05, 4.69) is 17.1 Å². The molecular weight excluding hydrogens is 322 g/mol. The molecule has 128 valence electrons. The van der Waals surface area contributed by atoms with Gasteiger partial charge in [0.25, 0.3) is 0 Å². The number of nitrogens with zero attached hydrogens (tertiary/aromatic N) is 3. The second kappa shape index (κ2) is 7.85. The van der Waals surface area contributed by atoms with E-state index in [-0.39, 0.29) is 5.91 Å². The number of hydrogen-bond donors (Lipinski definition) is 0. The zero-order valence-electron chi connectivity index (χ0n) is 14.2. The van der Waals surface area contributed by atoms with Crippen molar-refractivity contribution in [2.24, 2.45) is 5.92 Å². The van der Waals surface area contributed by atoms with Gasteiger partial charge < -0.3 is 9.64 Å². The van der Waals surface area contributed by atoms with Crippen LogP contribution in [-0.4, -0.2) is 41.0 Å². The van der Waals surface area contributed by atoms with Gasteiger partial charge in [0.1, 0.15) is 5.01 Å². The van der Waals surface area contributed by atoms with E-state index < -0.39 is 0 Å². The lowest BCUT2D eigenvalue weighted by Gasteiger charge is -2.31. The van der Waals surface area contributed by atoms with Crippen molar-refractivity contribution in [3.8, 4) is 10.7 Å². The summed E-state index contributed by atoms with van der Waals surface area (Å²) in [5.74, 6) is 0.785. The number of carbonyl (C=O) groups is 1. The third kappa shape index (κ3) is 4.19. The Morgan fingerprint density at radius 2 is 2.08 bits per heavy atom. The summed E-state index contributed by atoms with van der Waals surface area (Å²) in [7, 11) is 1.68. The fourth-order valence-corrected chi connectivity index (χ4v) is 3.87. The van der Waals surface area contributed by atoms with Gasteiger partial charge in [0, 0.05) is 38.2 Å². The van der Waals surface area contributed by atoms with Crippen molar-refractivity contribution in [1.29, 1.82) is 0 Å². The summed E-state index contributed by atoms with van der Waals surface area (Å²) < 4.78 is 5.12. The first-order valence-electron chi connectivity index (χ1n) is 8.31. The van der Waals surface area contributed by atoms with Crippen LogP contribution in [0.3, 0.4) is 0 Å². The minimum absolute atomic E-state index is 0.184. The minimum atomic E-state index is 0.184. The molecule has 0 atom stereocenters. The molecule has 24 heavy (non-hydrogen) atoms. The van der Waals surface area contributed by atoms with E-state index in [9.17, 15) is 4.79 Å². The fraction of sp³-hybridized carbons (Fsp3) is 0.500. The molecule has 1 fully saturated rings. The number of amides is 1. The van der Waals surface area contributed by atoms with Gasteiger partial charge in [0.15, 0.2) is 0 Å². The molecule has 0 unspecified atom stereocenters. The molecule has 0 spiro atoms. The van der Waals surface area contributed by atoms with Crippen molar-refractivity contribution >= 4 is 17.2 Å². The molecular formula is C18H23N3O2S. The Kier molecular flexibility index (Phi) is 5.58. The Morgan fingerprint density at radius 1 is 1.29 bits per heavy atom. The van der Waals surface area contributed by atoms with E-state index in [1.165, 1.54) is 0 Å². The van der Waals surface area contributed by atoms with Crippen molar-refractivity contribution in [3.05, 3.63) is 35.0 Å². The normalized spacial score (nSPS) is 15.7. The topological polar surface area (TPSA) is 55.3 Å². The van der Waals surface area contributed by atoms with Crippen LogP contribution in [0.1, 0.15) is 31.2 Å². The SMILES string of the molecule is COCc1csc(-c2cccc(CC3CCN(C(C)=O)CC3)n2)n1. The average molecular weight is 345 g/mol. The monoisotopic (exact) mass is 345 g/mol. The van der Waals surface area contributed by atoms with Crippen LogP contribution in [0.25, 0.3) is 10.7 Å². The largest absolute Gasteiger partial charge is 0.378 e. The molecule has 0 saturated carbocycles. The van der Waals surface area contributed by atoms with E-state index in [1.807, 2.05) is 16.3 Å².